The zero-order valence-electron chi connectivity index (χ0n) is 16.0. The summed E-state index contributed by atoms with van der Waals surface area (Å²) in [6, 6.07) is 11.5. The molecule has 2 rings (SSSR count). The number of rotatable bonds is 6. The molecule has 0 spiro atoms. The Morgan fingerprint density at radius 2 is 1.65 bits per heavy atom. The Morgan fingerprint density at radius 1 is 1.00 bits per heavy atom. The molecule has 0 saturated heterocycles. The van der Waals surface area contributed by atoms with Crippen LogP contribution in [-0.4, -0.2) is 24.5 Å². The second kappa shape index (κ2) is 8.52. The predicted molar refractivity (Wildman–Crippen MR) is 104 cm³/mol. The molecule has 2 amide bonds. The number of carbonyl (C=O) groups is 2. The Morgan fingerprint density at radius 3 is 2.27 bits per heavy atom. The van der Waals surface area contributed by atoms with Gasteiger partial charge in [0.15, 0.2) is 6.10 Å². The lowest BCUT2D eigenvalue weighted by Crippen LogP contribution is -2.40. The molecule has 0 radical (unpaired) electrons. The van der Waals surface area contributed by atoms with Gasteiger partial charge >= 0.3 is 0 Å². The Labute approximate surface area is 154 Å². The molecule has 2 aromatic rings. The summed E-state index contributed by atoms with van der Waals surface area (Å²) in [5.74, 6) is 0.0261. The number of ether oxygens (including phenoxy) is 1. The highest BCUT2D eigenvalue weighted by Crippen LogP contribution is 2.21. The van der Waals surface area contributed by atoms with Gasteiger partial charge < -0.3 is 15.4 Å². The molecule has 0 unspecified atom stereocenters. The number of carbonyl (C=O) groups excluding carboxylic acids is 2. The SMILES string of the molecule is Cc1cccc(O[C@H](C)C(=O)NCC(=O)Nc2c(C)cc(C)cc2C)c1. The monoisotopic (exact) mass is 354 g/mol. The van der Waals surface area contributed by atoms with Crippen LogP contribution in [0.5, 0.6) is 5.75 Å². The van der Waals surface area contributed by atoms with Crippen LogP contribution in [-0.2, 0) is 9.59 Å². The third-order valence-corrected chi connectivity index (χ3v) is 4.04. The minimum absolute atomic E-state index is 0.104. The van der Waals surface area contributed by atoms with E-state index in [4.69, 9.17) is 4.74 Å². The van der Waals surface area contributed by atoms with Crippen LogP contribution in [0.15, 0.2) is 36.4 Å². The first-order valence-corrected chi connectivity index (χ1v) is 8.65. The third kappa shape index (κ3) is 5.34. The number of hydrogen-bond acceptors (Lipinski definition) is 3. The van der Waals surface area contributed by atoms with Gasteiger partial charge in [0.25, 0.3) is 5.91 Å². The fraction of sp³-hybridized carbons (Fsp3) is 0.333. The second-order valence-corrected chi connectivity index (χ2v) is 6.62. The van der Waals surface area contributed by atoms with Crippen LogP contribution in [0.1, 0.15) is 29.2 Å². The molecule has 0 aromatic heterocycles. The Balaban J connectivity index is 1.87. The van der Waals surface area contributed by atoms with Crippen molar-refractivity contribution in [3.8, 4) is 5.75 Å². The number of anilines is 1. The van der Waals surface area contributed by atoms with Crippen LogP contribution in [0.25, 0.3) is 0 Å². The first-order chi connectivity index (χ1) is 12.3. The summed E-state index contributed by atoms with van der Waals surface area (Å²) in [5, 5.41) is 5.47. The van der Waals surface area contributed by atoms with Crippen molar-refractivity contribution in [3.05, 3.63) is 58.7 Å². The summed E-state index contributed by atoms with van der Waals surface area (Å²) < 4.78 is 5.62. The zero-order valence-corrected chi connectivity index (χ0v) is 16.0. The predicted octanol–water partition coefficient (Wildman–Crippen LogP) is 3.44. The van der Waals surface area contributed by atoms with Gasteiger partial charge in [0.2, 0.25) is 5.91 Å². The molecule has 0 aliphatic heterocycles. The van der Waals surface area contributed by atoms with Gasteiger partial charge in [0.1, 0.15) is 5.75 Å². The quantitative estimate of drug-likeness (QED) is 0.835. The van der Waals surface area contributed by atoms with Crippen molar-refractivity contribution in [2.24, 2.45) is 0 Å². The first kappa shape index (κ1) is 19.5. The van der Waals surface area contributed by atoms with Gasteiger partial charge in [0, 0.05) is 5.69 Å². The van der Waals surface area contributed by atoms with Crippen molar-refractivity contribution in [1.29, 1.82) is 0 Å². The van der Waals surface area contributed by atoms with Crippen LogP contribution in [0.4, 0.5) is 5.69 Å². The van der Waals surface area contributed by atoms with E-state index in [2.05, 4.69) is 10.6 Å². The van der Waals surface area contributed by atoms with E-state index < -0.39 is 6.10 Å². The molecule has 0 heterocycles. The second-order valence-electron chi connectivity index (χ2n) is 6.62. The van der Waals surface area contributed by atoms with Gasteiger partial charge in [-0.15, -0.1) is 0 Å². The molecular weight excluding hydrogens is 328 g/mol. The molecule has 0 fully saturated rings. The molecule has 0 aliphatic carbocycles. The molecule has 5 nitrogen and oxygen atoms in total. The van der Waals surface area contributed by atoms with Crippen LogP contribution < -0.4 is 15.4 Å². The van der Waals surface area contributed by atoms with Gasteiger partial charge in [0.05, 0.1) is 6.54 Å². The van der Waals surface area contributed by atoms with Crippen molar-refractivity contribution < 1.29 is 14.3 Å². The first-order valence-electron chi connectivity index (χ1n) is 8.65. The minimum Gasteiger partial charge on any atom is -0.481 e. The standard InChI is InChI=1S/C21H26N2O3/c1-13-7-6-8-18(11-13)26-17(5)21(25)22-12-19(24)23-20-15(3)9-14(2)10-16(20)4/h6-11,17H,12H2,1-5H3,(H,22,25)(H,23,24)/t17-/m1/s1. The molecule has 0 aliphatic rings. The Hall–Kier alpha value is -2.82. The van der Waals surface area contributed by atoms with Gasteiger partial charge in [-0.2, -0.15) is 0 Å². The van der Waals surface area contributed by atoms with Crippen molar-refractivity contribution in [3.63, 3.8) is 0 Å². The molecule has 0 saturated carbocycles. The van der Waals surface area contributed by atoms with Gasteiger partial charge in [-0.05, 0) is 63.4 Å². The lowest BCUT2D eigenvalue weighted by molar-refractivity contribution is -0.129. The Bertz CT molecular complexity index is 792. The topological polar surface area (TPSA) is 67.4 Å². The van der Waals surface area contributed by atoms with Crippen molar-refractivity contribution >= 4 is 17.5 Å². The average molecular weight is 354 g/mol. The molecule has 2 aromatic carbocycles. The normalized spacial score (nSPS) is 11.6. The van der Waals surface area contributed by atoms with Gasteiger partial charge in [-0.25, -0.2) is 0 Å². The summed E-state index contributed by atoms with van der Waals surface area (Å²) in [7, 11) is 0. The molecule has 2 N–H and O–H groups in total. The van der Waals surface area contributed by atoms with Crippen LogP contribution in [0, 0.1) is 27.7 Å². The molecule has 138 valence electrons. The minimum atomic E-state index is -0.688. The molecule has 1 atom stereocenters. The Kier molecular flexibility index (Phi) is 6.39. The molecular formula is C21H26N2O3. The maximum absolute atomic E-state index is 12.2. The number of aryl methyl sites for hydroxylation is 4. The number of nitrogens with one attached hydrogen (secondary N) is 2. The van der Waals surface area contributed by atoms with E-state index in [1.54, 1.807) is 13.0 Å². The maximum atomic E-state index is 12.2. The van der Waals surface area contributed by atoms with Gasteiger partial charge in [-0.1, -0.05) is 29.8 Å². The van der Waals surface area contributed by atoms with Crippen molar-refractivity contribution in [1.82, 2.24) is 5.32 Å². The molecule has 0 bridgehead atoms. The highest BCUT2D eigenvalue weighted by atomic mass is 16.5. The lowest BCUT2D eigenvalue weighted by atomic mass is 10.1. The maximum Gasteiger partial charge on any atom is 0.261 e. The van der Waals surface area contributed by atoms with E-state index in [0.717, 1.165) is 27.9 Å². The smallest absolute Gasteiger partial charge is 0.261 e. The van der Waals surface area contributed by atoms with E-state index in [0.29, 0.717) is 5.75 Å². The van der Waals surface area contributed by atoms with Crippen molar-refractivity contribution in [2.45, 2.75) is 40.7 Å². The highest BCUT2D eigenvalue weighted by molar-refractivity contribution is 5.96. The fourth-order valence-corrected chi connectivity index (χ4v) is 2.82. The lowest BCUT2D eigenvalue weighted by Gasteiger charge is -2.16. The third-order valence-electron chi connectivity index (χ3n) is 4.04. The van der Waals surface area contributed by atoms with Crippen LogP contribution >= 0.6 is 0 Å². The highest BCUT2D eigenvalue weighted by Gasteiger charge is 2.16. The van der Waals surface area contributed by atoms with E-state index in [9.17, 15) is 9.59 Å². The van der Waals surface area contributed by atoms with Gasteiger partial charge in [-0.3, -0.25) is 9.59 Å². The van der Waals surface area contributed by atoms with Crippen LogP contribution in [0.3, 0.4) is 0 Å². The number of amides is 2. The summed E-state index contributed by atoms with van der Waals surface area (Å²) in [6.07, 6.45) is -0.688. The van der Waals surface area contributed by atoms with E-state index in [-0.39, 0.29) is 18.4 Å². The van der Waals surface area contributed by atoms with E-state index in [1.807, 2.05) is 58.0 Å². The summed E-state index contributed by atoms with van der Waals surface area (Å²) >= 11 is 0. The van der Waals surface area contributed by atoms with Crippen molar-refractivity contribution in [2.75, 3.05) is 11.9 Å². The summed E-state index contributed by atoms with van der Waals surface area (Å²) in [6.45, 7) is 9.42. The van der Waals surface area contributed by atoms with E-state index >= 15 is 0 Å². The summed E-state index contributed by atoms with van der Waals surface area (Å²) in [4.78, 5) is 24.3. The van der Waals surface area contributed by atoms with Crippen LogP contribution in [0.2, 0.25) is 0 Å². The number of hydrogen-bond donors (Lipinski definition) is 2. The molecule has 26 heavy (non-hydrogen) atoms. The number of benzene rings is 2. The zero-order chi connectivity index (χ0) is 19.3. The molecule has 5 heteroatoms. The summed E-state index contributed by atoms with van der Waals surface area (Å²) in [5.41, 5.74) is 4.99. The average Bonchev–Trinajstić information content (AvgIpc) is 2.55. The van der Waals surface area contributed by atoms with E-state index in [1.165, 1.54) is 0 Å². The fourth-order valence-electron chi connectivity index (χ4n) is 2.82. The largest absolute Gasteiger partial charge is 0.481 e.